The van der Waals surface area contributed by atoms with E-state index in [0.717, 1.165) is 16.0 Å². The van der Waals surface area contributed by atoms with Crippen LogP contribution in [-0.4, -0.2) is 29.3 Å². The van der Waals surface area contributed by atoms with Crippen molar-refractivity contribution >= 4 is 35.1 Å². The van der Waals surface area contributed by atoms with E-state index in [2.05, 4.69) is 10.6 Å². The number of nitrogens with zero attached hydrogens (tertiary/aromatic N) is 1. The number of amides is 4. The molecule has 31 heavy (non-hydrogen) atoms. The zero-order chi connectivity index (χ0) is 22.0. The molecule has 0 aromatic heterocycles. The van der Waals surface area contributed by atoms with E-state index in [1.54, 1.807) is 43.3 Å². The average molecular weight is 434 g/mol. The summed E-state index contributed by atoms with van der Waals surface area (Å²) in [5.41, 5.74) is 2.01. The Labute approximate surface area is 184 Å². The second-order valence-electron chi connectivity index (χ2n) is 7.44. The molecule has 1 heterocycles. The number of carbonyl (C=O) groups excluding carboxylic acids is 3. The van der Waals surface area contributed by atoms with Gasteiger partial charge in [-0.25, -0.2) is 4.79 Å². The fourth-order valence-electron chi connectivity index (χ4n) is 3.54. The molecule has 4 amide bonds. The van der Waals surface area contributed by atoms with Gasteiger partial charge in [-0.3, -0.25) is 14.5 Å². The van der Waals surface area contributed by atoms with E-state index in [-0.39, 0.29) is 6.54 Å². The monoisotopic (exact) mass is 433 g/mol. The van der Waals surface area contributed by atoms with Gasteiger partial charge in [0.25, 0.3) is 5.91 Å². The second kappa shape index (κ2) is 8.24. The van der Waals surface area contributed by atoms with Crippen LogP contribution in [0.4, 0.5) is 10.5 Å². The largest absolute Gasteiger partial charge is 0.325 e. The van der Waals surface area contributed by atoms with Crippen LogP contribution in [0.15, 0.2) is 78.9 Å². The van der Waals surface area contributed by atoms with Crippen molar-refractivity contribution in [2.45, 2.75) is 12.5 Å². The lowest BCUT2D eigenvalue weighted by Crippen LogP contribution is -2.42. The molecule has 7 heteroatoms. The average Bonchev–Trinajstić information content (AvgIpc) is 2.99. The van der Waals surface area contributed by atoms with E-state index in [1.807, 2.05) is 42.5 Å². The summed E-state index contributed by atoms with van der Waals surface area (Å²) in [4.78, 5) is 38.8. The Hall–Kier alpha value is -3.64. The van der Waals surface area contributed by atoms with Gasteiger partial charge < -0.3 is 10.6 Å². The third kappa shape index (κ3) is 4.15. The van der Waals surface area contributed by atoms with Gasteiger partial charge in [0.15, 0.2) is 0 Å². The molecule has 0 bridgehead atoms. The summed E-state index contributed by atoms with van der Waals surface area (Å²) in [7, 11) is 0. The number of urea groups is 1. The van der Waals surface area contributed by atoms with Gasteiger partial charge in [-0.05, 0) is 47.9 Å². The predicted octanol–water partition coefficient (Wildman–Crippen LogP) is 4.41. The Balaban J connectivity index is 1.43. The first-order valence-corrected chi connectivity index (χ1v) is 10.1. The maximum absolute atomic E-state index is 12.9. The number of imide groups is 1. The van der Waals surface area contributed by atoms with Crippen molar-refractivity contribution < 1.29 is 14.4 Å². The molecule has 0 spiro atoms. The number of halogens is 1. The van der Waals surface area contributed by atoms with Crippen LogP contribution in [0.5, 0.6) is 0 Å². The normalized spacial score (nSPS) is 18.1. The molecular formula is C24H20ClN3O3. The van der Waals surface area contributed by atoms with Crippen LogP contribution in [0.25, 0.3) is 11.1 Å². The van der Waals surface area contributed by atoms with Crippen LogP contribution in [0.3, 0.4) is 0 Å². The van der Waals surface area contributed by atoms with Crippen molar-refractivity contribution in [1.29, 1.82) is 0 Å². The molecule has 2 N–H and O–H groups in total. The highest BCUT2D eigenvalue weighted by molar-refractivity contribution is 6.30. The maximum atomic E-state index is 12.9. The zero-order valence-corrected chi connectivity index (χ0v) is 17.5. The van der Waals surface area contributed by atoms with Gasteiger partial charge in [-0.2, -0.15) is 0 Å². The molecule has 3 aromatic rings. The molecular weight excluding hydrogens is 414 g/mol. The van der Waals surface area contributed by atoms with Gasteiger partial charge in [-0.1, -0.05) is 66.2 Å². The lowest BCUT2D eigenvalue weighted by molar-refractivity contribution is -0.133. The number of benzene rings is 3. The molecule has 156 valence electrons. The topological polar surface area (TPSA) is 78.5 Å². The quantitative estimate of drug-likeness (QED) is 0.585. The van der Waals surface area contributed by atoms with Crippen molar-refractivity contribution in [3.8, 4) is 11.1 Å². The number of anilines is 1. The fraction of sp³-hybridized carbons (Fsp3) is 0.125. The van der Waals surface area contributed by atoms with E-state index >= 15 is 0 Å². The first kappa shape index (κ1) is 20.6. The second-order valence-corrected chi connectivity index (χ2v) is 7.88. The van der Waals surface area contributed by atoms with E-state index in [4.69, 9.17) is 11.6 Å². The lowest BCUT2D eigenvalue weighted by Gasteiger charge is -2.22. The highest BCUT2D eigenvalue weighted by Gasteiger charge is 2.49. The van der Waals surface area contributed by atoms with Crippen LogP contribution in [0.1, 0.15) is 12.5 Å². The molecule has 4 rings (SSSR count). The molecule has 3 aromatic carbocycles. The van der Waals surface area contributed by atoms with Gasteiger partial charge in [0.1, 0.15) is 12.1 Å². The summed E-state index contributed by atoms with van der Waals surface area (Å²) in [6.45, 7) is 1.23. The van der Waals surface area contributed by atoms with Gasteiger partial charge in [0, 0.05) is 10.7 Å². The molecule has 6 nitrogen and oxygen atoms in total. The molecule has 1 unspecified atom stereocenters. The maximum Gasteiger partial charge on any atom is 0.325 e. The summed E-state index contributed by atoms with van der Waals surface area (Å²) >= 11 is 5.91. The SMILES string of the molecule is CC1(c2ccc(Cl)cc2)NC(=O)N(CC(=O)Nc2ccc(-c3ccccc3)cc2)C1=O. The lowest BCUT2D eigenvalue weighted by atomic mass is 9.92. The Morgan fingerprint density at radius 2 is 1.55 bits per heavy atom. The molecule has 1 fully saturated rings. The third-order valence-electron chi connectivity index (χ3n) is 5.27. The number of carbonyl (C=O) groups is 3. The van der Waals surface area contributed by atoms with Crippen molar-refractivity contribution in [2.24, 2.45) is 0 Å². The standard InChI is InChI=1S/C24H20ClN3O3/c1-24(18-9-11-19(25)12-10-18)22(30)28(23(31)27-24)15-21(29)26-20-13-7-17(8-14-20)16-5-3-2-4-6-16/h2-14H,15H2,1H3,(H,26,29)(H,27,31). The summed E-state index contributed by atoms with van der Waals surface area (Å²) < 4.78 is 0. The van der Waals surface area contributed by atoms with Crippen LogP contribution in [0.2, 0.25) is 5.02 Å². The number of hydrogen-bond acceptors (Lipinski definition) is 3. The molecule has 1 saturated heterocycles. The molecule has 0 radical (unpaired) electrons. The highest BCUT2D eigenvalue weighted by atomic mass is 35.5. The summed E-state index contributed by atoms with van der Waals surface area (Å²) in [5.74, 6) is -0.953. The Bertz CT molecular complexity index is 1130. The highest BCUT2D eigenvalue weighted by Crippen LogP contribution is 2.29. The fourth-order valence-corrected chi connectivity index (χ4v) is 3.67. The zero-order valence-electron chi connectivity index (χ0n) is 16.8. The number of nitrogens with one attached hydrogen (secondary N) is 2. The van der Waals surface area contributed by atoms with E-state index in [0.29, 0.717) is 16.3 Å². The van der Waals surface area contributed by atoms with Gasteiger partial charge >= 0.3 is 6.03 Å². The summed E-state index contributed by atoms with van der Waals surface area (Å²) in [6, 6.07) is 23.3. The minimum absolute atomic E-state index is 0.381. The Morgan fingerprint density at radius 3 is 2.19 bits per heavy atom. The van der Waals surface area contributed by atoms with E-state index in [9.17, 15) is 14.4 Å². The molecule has 0 saturated carbocycles. The Kier molecular flexibility index (Phi) is 5.48. The molecule has 1 aliphatic heterocycles. The molecule has 1 atom stereocenters. The van der Waals surface area contributed by atoms with Crippen LogP contribution < -0.4 is 10.6 Å². The van der Waals surface area contributed by atoms with E-state index < -0.39 is 23.4 Å². The summed E-state index contributed by atoms with van der Waals surface area (Å²) in [5, 5.41) is 5.93. The first-order valence-electron chi connectivity index (χ1n) is 9.72. The van der Waals surface area contributed by atoms with Crippen molar-refractivity contribution in [3.05, 3.63) is 89.4 Å². The predicted molar refractivity (Wildman–Crippen MR) is 120 cm³/mol. The number of rotatable bonds is 5. The van der Waals surface area contributed by atoms with Crippen molar-refractivity contribution in [1.82, 2.24) is 10.2 Å². The molecule has 0 aliphatic carbocycles. The van der Waals surface area contributed by atoms with Crippen molar-refractivity contribution in [3.63, 3.8) is 0 Å². The van der Waals surface area contributed by atoms with Gasteiger partial charge in [0.05, 0.1) is 0 Å². The number of hydrogen-bond donors (Lipinski definition) is 2. The first-order chi connectivity index (χ1) is 14.9. The van der Waals surface area contributed by atoms with Crippen LogP contribution in [0, 0.1) is 0 Å². The summed E-state index contributed by atoms with van der Waals surface area (Å²) in [6.07, 6.45) is 0. The molecule has 1 aliphatic rings. The minimum atomic E-state index is -1.25. The van der Waals surface area contributed by atoms with Crippen molar-refractivity contribution in [2.75, 3.05) is 11.9 Å². The Morgan fingerprint density at radius 1 is 0.935 bits per heavy atom. The van der Waals surface area contributed by atoms with Gasteiger partial charge in [0.2, 0.25) is 5.91 Å². The van der Waals surface area contributed by atoms with E-state index in [1.165, 1.54) is 0 Å². The van der Waals surface area contributed by atoms with Gasteiger partial charge in [-0.15, -0.1) is 0 Å². The van der Waals surface area contributed by atoms with Crippen LogP contribution >= 0.6 is 11.6 Å². The third-order valence-corrected chi connectivity index (χ3v) is 5.53. The smallest absolute Gasteiger partial charge is 0.325 e. The van der Waals surface area contributed by atoms with Crippen LogP contribution in [-0.2, 0) is 15.1 Å². The minimum Gasteiger partial charge on any atom is -0.325 e.